The highest BCUT2D eigenvalue weighted by atomic mass is 35.5. The molecule has 1 aliphatic rings. The van der Waals surface area contributed by atoms with E-state index in [4.69, 9.17) is 16.1 Å². The molecule has 0 bridgehead atoms. The molecule has 1 atom stereocenters. The first-order valence-electron chi connectivity index (χ1n) is 8.50. The first kappa shape index (κ1) is 18.5. The molecule has 2 aromatic rings. The van der Waals surface area contributed by atoms with Gasteiger partial charge in [0.05, 0.1) is 10.7 Å². The number of carbonyl (C=O) groups excluding carboxylic acids is 1. The van der Waals surface area contributed by atoms with E-state index in [1.165, 1.54) is 6.07 Å². The molecule has 26 heavy (non-hydrogen) atoms. The lowest BCUT2D eigenvalue weighted by atomic mass is 9.91. The van der Waals surface area contributed by atoms with Gasteiger partial charge < -0.3 is 9.42 Å². The van der Waals surface area contributed by atoms with Crippen molar-refractivity contribution in [3.63, 3.8) is 0 Å². The second-order valence-corrected chi connectivity index (χ2v) is 7.02. The van der Waals surface area contributed by atoms with E-state index in [-0.39, 0.29) is 17.0 Å². The maximum absolute atomic E-state index is 14.1. The standard InChI is InChI=1S/C19H21ClFN3O2/c1-11-10-24(19(25)22-18-12(2)13(3)23-26-18)8-7-14(11)9-15-5-4-6-16(20)17(15)21/h4-6,9,11H,7-8,10H2,1-3H3,(H,22,25)/b14-9+. The first-order valence-corrected chi connectivity index (χ1v) is 8.88. The summed E-state index contributed by atoms with van der Waals surface area (Å²) in [5.41, 5.74) is 3.15. The minimum atomic E-state index is -0.412. The van der Waals surface area contributed by atoms with Crippen LogP contribution in [0.25, 0.3) is 6.08 Å². The Balaban J connectivity index is 1.68. The zero-order valence-electron chi connectivity index (χ0n) is 15.0. The van der Waals surface area contributed by atoms with Gasteiger partial charge in [-0.25, -0.2) is 9.18 Å². The van der Waals surface area contributed by atoms with Crippen LogP contribution in [0, 0.1) is 25.6 Å². The molecule has 2 heterocycles. The van der Waals surface area contributed by atoms with Gasteiger partial charge in [0.25, 0.3) is 0 Å². The van der Waals surface area contributed by atoms with Crippen molar-refractivity contribution in [1.29, 1.82) is 0 Å². The third-order valence-electron chi connectivity index (χ3n) is 4.78. The molecule has 0 spiro atoms. The van der Waals surface area contributed by atoms with E-state index in [0.717, 1.165) is 16.8 Å². The molecule has 1 aliphatic heterocycles. The fourth-order valence-corrected chi connectivity index (χ4v) is 3.17. The van der Waals surface area contributed by atoms with E-state index in [1.807, 2.05) is 26.8 Å². The predicted octanol–water partition coefficient (Wildman–Crippen LogP) is 5.04. The number of likely N-dealkylation sites (tertiary alicyclic amines) is 1. The van der Waals surface area contributed by atoms with Crippen molar-refractivity contribution >= 4 is 29.6 Å². The number of carbonyl (C=O) groups is 1. The molecule has 7 heteroatoms. The zero-order valence-corrected chi connectivity index (χ0v) is 15.7. The quantitative estimate of drug-likeness (QED) is 0.797. The minimum absolute atomic E-state index is 0.113. The van der Waals surface area contributed by atoms with Crippen LogP contribution in [-0.2, 0) is 0 Å². The average molecular weight is 378 g/mol. The van der Waals surface area contributed by atoms with Crippen LogP contribution in [-0.4, -0.2) is 29.2 Å². The Hall–Kier alpha value is -2.34. The molecule has 1 N–H and O–H groups in total. The summed E-state index contributed by atoms with van der Waals surface area (Å²) in [6.07, 6.45) is 2.51. The van der Waals surface area contributed by atoms with Crippen molar-refractivity contribution in [3.05, 3.63) is 51.4 Å². The second-order valence-electron chi connectivity index (χ2n) is 6.61. The van der Waals surface area contributed by atoms with Gasteiger partial charge in [0.1, 0.15) is 5.82 Å². The van der Waals surface area contributed by atoms with Crippen molar-refractivity contribution < 1.29 is 13.7 Å². The number of nitrogens with one attached hydrogen (secondary N) is 1. The van der Waals surface area contributed by atoms with E-state index in [0.29, 0.717) is 31.0 Å². The highest BCUT2D eigenvalue weighted by Gasteiger charge is 2.26. The predicted molar refractivity (Wildman–Crippen MR) is 99.7 cm³/mol. The summed E-state index contributed by atoms with van der Waals surface area (Å²) in [5, 5.41) is 6.72. The third kappa shape index (κ3) is 3.75. The SMILES string of the molecule is Cc1noc(NC(=O)N2CC/C(=C\c3cccc(Cl)c3F)C(C)C2)c1C. The van der Waals surface area contributed by atoms with Crippen LogP contribution in [0.5, 0.6) is 0 Å². The number of halogens is 2. The highest BCUT2D eigenvalue weighted by molar-refractivity contribution is 6.30. The Bertz CT molecular complexity index is 862. The fourth-order valence-electron chi connectivity index (χ4n) is 2.99. The number of urea groups is 1. The zero-order chi connectivity index (χ0) is 18.8. The number of nitrogens with zero attached hydrogens (tertiary/aromatic N) is 2. The van der Waals surface area contributed by atoms with Crippen LogP contribution in [0.3, 0.4) is 0 Å². The van der Waals surface area contributed by atoms with E-state index in [2.05, 4.69) is 10.5 Å². The van der Waals surface area contributed by atoms with Crippen molar-refractivity contribution in [2.45, 2.75) is 27.2 Å². The molecule has 1 fully saturated rings. The molecular weight excluding hydrogens is 357 g/mol. The van der Waals surface area contributed by atoms with Crippen LogP contribution >= 0.6 is 11.6 Å². The van der Waals surface area contributed by atoms with Crippen molar-refractivity contribution in [3.8, 4) is 0 Å². The van der Waals surface area contributed by atoms with Gasteiger partial charge in [-0.3, -0.25) is 5.32 Å². The minimum Gasteiger partial charge on any atom is -0.338 e. The fraction of sp³-hybridized carbons (Fsp3) is 0.368. The molecule has 1 aromatic heterocycles. The number of hydrogen-bond acceptors (Lipinski definition) is 3. The normalized spacial score (nSPS) is 19.0. The Morgan fingerprint density at radius 1 is 1.46 bits per heavy atom. The van der Waals surface area contributed by atoms with Gasteiger partial charge in [-0.2, -0.15) is 0 Å². The van der Waals surface area contributed by atoms with Crippen LogP contribution in [0.2, 0.25) is 5.02 Å². The number of aromatic nitrogens is 1. The van der Waals surface area contributed by atoms with Crippen LogP contribution < -0.4 is 5.32 Å². The summed E-state index contributed by atoms with van der Waals surface area (Å²) in [6, 6.07) is 4.74. The third-order valence-corrected chi connectivity index (χ3v) is 5.08. The number of hydrogen-bond donors (Lipinski definition) is 1. The van der Waals surface area contributed by atoms with Gasteiger partial charge in [-0.15, -0.1) is 0 Å². The highest BCUT2D eigenvalue weighted by Crippen LogP contribution is 2.28. The molecular formula is C19H21ClFN3O2. The first-order chi connectivity index (χ1) is 12.4. The number of aryl methyl sites for hydroxylation is 1. The molecule has 1 unspecified atom stereocenters. The molecule has 138 valence electrons. The molecule has 0 radical (unpaired) electrons. The van der Waals surface area contributed by atoms with Gasteiger partial charge in [-0.1, -0.05) is 47.5 Å². The molecule has 2 amide bonds. The lowest BCUT2D eigenvalue weighted by Crippen LogP contribution is -2.42. The maximum atomic E-state index is 14.1. The lowest BCUT2D eigenvalue weighted by Gasteiger charge is -2.33. The largest absolute Gasteiger partial charge is 0.338 e. The van der Waals surface area contributed by atoms with Crippen molar-refractivity contribution in [2.75, 3.05) is 18.4 Å². The lowest BCUT2D eigenvalue weighted by molar-refractivity contribution is 0.197. The van der Waals surface area contributed by atoms with Gasteiger partial charge >= 0.3 is 6.03 Å². The summed E-state index contributed by atoms with van der Waals surface area (Å²) in [4.78, 5) is 14.2. The summed E-state index contributed by atoms with van der Waals surface area (Å²) in [7, 11) is 0. The maximum Gasteiger partial charge on any atom is 0.324 e. The van der Waals surface area contributed by atoms with Crippen LogP contribution in [0.4, 0.5) is 15.1 Å². The average Bonchev–Trinajstić information content (AvgIpc) is 2.92. The molecule has 1 aromatic carbocycles. The van der Waals surface area contributed by atoms with Gasteiger partial charge in [0.2, 0.25) is 5.88 Å². The van der Waals surface area contributed by atoms with Crippen LogP contribution in [0.1, 0.15) is 30.2 Å². The Morgan fingerprint density at radius 2 is 2.23 bits per heavy atom. The number of piperidine rings is 1. The molecule has 1 saturated heterocycles. The number of benzene rings is 1. The van der Waals surface area contributed by atoms with E-state index in [1.54, 1.807) is 17.0 Å². The number of anilines is 1. The summed E-state index contributed by atoms with van der Waals surface area (Å²) in [5.74, 6) is 0.0816. The van der Waals surface area contributed by atoms with E-state index >= 15 is 0 Å². The topological polar surface area (TPSA) is 58.4 Å². The summed E-state index contributed by atoms with van der Waals surface area (Å²) >= 11 is 5.84. The molecule has 3 rings (SSSR count). The van der Waals surface area contributed by atoms with E-state index < -0.39 is 5.82 Å². The molecule has 0 aliphatic carbocycles. The van der Waals surface area contributed by atoms with Crippen molar-refractivity contribution in [2.24, 2.45) is 5.92 Å². The molecule has 5 nitrogen and oxygen atoms in total. The summed E-state index contributed by atoms with van der Waals surface area (Å²) < 4.78 is 19.2. The summed E-state index contributed by atoms with van der Waals surface area (Å²) in [6.45, 7) is 6.80. The van der Waals surface area contributed by atoms with Gasteiger partial charge in [0.15, 0.2) is 0 Å². The van der Waals surface area contributed by atoms with Gasteiger partial charge in [-0.05, 0) is 32.3 Å². The Labute approximate surface area is 156 Å². The molecule has 0 saturated carbocycles. The smallest absolute Gasteiger partial charge is 0.324 e. The van der Waals surface area contributed by atoms with Gasteiger partial charge in [0, 0.05) is 24.2 Å². The van der Waals surface area contributed by atoms with E-state index in [9.17, 15) is 9.18 Å². The van der Waals surface area contributed by atoms with Crippen molar-refractivity contribution in [1.82, 2.24) is 10.1 Å². The monoisotopic (exact) mass is 377 g/mol. The second kappa shape index (κ2) is 7.50. The number of rotatable bonds is 2. The Kier molecular flexibility index (Phi) is 5.32. The Morgan fingerprint density at radius 3 is 2.88 bits per heavy atom. The number of amides is 2. The van der Waals surface area contributed by atoms with Crippen LogP contribution in [0.15, 0.2) is 28.3 Å².